The molecule has 0 saturated carbocycles. The lowest BCUT2D eigenvalue weighted by Gasteiger charge is -2.13. The lowest BCUT2D eigenvalue weighted by atomic mass is 10.2. The number of hydrogen-bond donors (Lipinski definition) is 1. The fourth-order valence-electron chi connectivity index (χ4n) is 2.08. The number of anilines is 1. The highest BCUT2D eigenvalue weighted by Crippen LogP contribution is 2.23. The molecule has 1 atom stereocenters. The summed E-state index contributed by atoms with van der Waals surface area (Å²) in [6.45, 7) is 3.84. The molecule has 0 aliphatic heterocycles. The maximum absolute atomic E-state index is 12.3. The predicted molar refractivity (Wildman–Crippen MR) is 103 cm³/mol. The molecule has 2 aromatic carbocycles. The van der Waals surface area contributed by atoms with Gasteiger partial charge in [-0.15, -0.1) is 11.8 Å². The molecule has 1 amide bonds. The Morgan fingerprint density at radius 3 is 2.60 bits per heavy atom. The zero-order valence-electron chi connectivity index (χ0n) is 14.1. The zero-order valence-corrected chi connectivity index (χ0v) is 15.7. The normalized spacial score (nSPS) is 11.6. The van der Waals surface area contributed by atoms with Crippen LogP contribution in [0.15, 0.2) is 48.5 Å². The molecule has 2 rings (SSSR count). The number of esters is 1. The van der Waals surface area contributed by atoms with Crippen molar-refractivity contribution in [1.82, 2.24) is 0 Å². The van der Waals surface area contributed by atoms with Crippen molar-refractivity contribution in [2.45, 2.75) is 24.9 Å². The highest BCUT2D eigenvalue weighted by atomic mass is 35.5. The molecule has 0 spiro atoms. The third-order valence-corrected chi connectivity index (χ3v) is 4.98. The molecule has 0 aliphatic rings. The van der Waals surface area contributed by atoms with Crippen LogP contribution in [-0.2, 0) is 15.3 Å². The van der Waals surface area contributed by atoms with Gasteiger partial charge in [0, 0.05) is 11.4 Å². The van der Waals surface area contributed by atoms with Crippen LogP contribution in [0.5, 0.6) is 0 Å². The lowest BCUT2D eigenvalue weighted by molar-refractivity contribution is -0.115. The average molecular weight is 378 g/mol. The molecule has 4 nitrogen and oxygen atoms in total. The van der Waals surface area contributed by atoms with E-state index in [1.807, 2.05) is 37.3 Å². The first-order valence-corrected chi connectivity index (χ1v) is 9.37. The van der Waals surface area contributed by atoms with Crippen LogP contribution in [0.4, 0.5) is 5.69 Å². The van der Waals surface area contributed by atoms with Gasteiger partial charge in [-0.1, -0.05) is 41.9 Å². The molecular formula is C19H20ClNO3S. The van der Waals surface area contributed by atoms with Gasteiger partial charge in [-0.25, -0.2) is 4.79 Å². The molecular weight excluding hydrogens is 358 g/mol. The van der Waals surface area contributed by atoms with Crippen LogP contribution in [0, 0.1) is 0 Å². The van der Waals surface area contributed by atoms with Crippen molar-refractivity contribution in [2.75, 3.05) is 11.9 Å². The van der Waals surface area contributed by atoms with E-state index >= 15 is 0 Å². The second-order valence-electron chi connectivity index (χ2n) is 5.34. The summed E-state index contributed by atoms with van der Waals surface area (Å²) in [7, 11) is 0. The van der Waals surface area contributed by atoms with Gasteiger partial charge in [0.15, 0.2) is 0 Å². The molecule has 6 heteroatoms. The number of nitrogens with one attached hydrogen (secondary N) is 1. The third kappa shape index (κ3) is 5.80. The van der Waals surface area contributed by atoms with E-state index in [1.165, 1.54) is 11.6 Å². The number of carbonyl (C=O) groups excluding carboxylic acids is 2. The van der Waals surface area contributed by atoms with Crippen LogP contribution in [0.1, 0.15) is 29.8 Å². The third-order valence-electron chi connectivity index (χ3n) is 3.44. The monoisotopic (exact) mass is 377 g/mol. The van der Waals surface area contributed by atoms with Crippen LogP contribution < -0.4 is 5.32 Å². The summed E-state index contributed by atoms with van der Waals surface area (Å²) in [5.74, 6) is 0.123. The number of thioether (sulfide) groups is 1. The van der Waals surface area contributed by atoms with Crippen molar-refractivity contribution >= 4 is 40.9 Å². The highest BCUT2D eigenvalue weighted by Gasteiger charge is 2.16. The minimum atomic E-state index is -0.505. The summed E-state index contributed by atoms with van der Waals surface area (Å²) < 4.78 is 4.96. The SMILES string of the molecule is CCOC(=O)c1cc(NC(=O)[C@H](C)SCc2ccccc2)ccc1Cl. The number of ether oxygens (including phenoxy) is 1. The summed E-state index contributed by atoms with van der Waals surface area (Å²) in [4.78, 5) is 24.2. The second kappa shape index (κ2) is 9.49. The molecule has 0 aliphatic carbocycles. The van der Waals surface area contributed by atoms with Gasteiger partial charge in [0.25, 0.3) is 0 Å². The van der Waals surface area contributed by atoms with Crippen molar-refractivity contribution < 1.29 is 14.3 Å². The van der Waals surface area contributed by atoms with E-state index in [4.69, 9.17) is 16.3 Å². The second-order valence-corrected chi connectivity index (χ2v) is 7.08. The van der Waals surface area contributed by atoms with Crippen LogP contribution in [0.2, 0.25) is 5.02 Å². The van der Waals surface area contributed by atoms with E-state index in [9.17, 15) is 9.59 Å². The largest absolute Gasteiger partial charge is 0.462 e. The minimum absolute atomic E-state index is 0.127. The van der Waals surface area contributed by atoms with Crippen molar-refractivity contribution in [3.63, 3.8) is 0 Å². The van der Waals surface area contributed by atoms with E-state index in [0.717, 1.165) is 5.75 Å². The summed E-state index contributed by atoms with van der Waals surface area (Å²) >= 11 is 7.57. The van der Waals surface area contributed by atoms with Crippen molar-refractivity contribution in [3.05, 3.63) is 64.7 Å². The van der Waals surface area contributed by atoms with Gasteiger partial charge in [-0.3, -0.25) is 4.79 Å². The molecule has 132 valence electrons. The number of rotatable bonds is 7. The first-order valence-electron chi connectivity index (χ1n) is 7.94. The van der Waals surface area contributed by atoms with Gasteiger partial charge in [0.05, 0.1) is 22.4 Å². The predicted octanol–water partition coefficient (Wildman–Crippen LogP) is 4.78. The molecule has 0 aromatic heterocycles. The lowest BCUT2D eigenvalue weighted by Crippen LogP contribution is -2.22. The molecule has 0 radical (unpaired) electrons. The van der Waals surface area contributed by atoms with Gasteiger partial charge in [-0.2, -0.15) is 0 Å². The van der Waals surface area contributed by atoms with Gasteiger partial charge in [-0.05, 0) is 37.6 Å². The fraction of sp³-hybridized carbons (Fsp3) is 0.263. The highest BCUT2D eigenvalue weighted by molar-refractivity contribution is 7.99. The van der Waals surface area contributed by atoms with E-state index in [2.05, 4.69) is 5.32 Å². The Morgan fingerprint density at radius 2 is 1.92 bits per heavy atom. The van der Waals surface area contributed by atoms with Gasteiger partial charge < -0.3 is 10.1 Å². The maximum atomic E-state index is 12.3. The van der Waals surface area contributed by atoms with E-state index in [-0.39, 0.29) is 23.3 Å². The van der Waals surface area contributed by atoms with Crippen molar-refractivity contribution in [3.8, 4) is 0 Å². The summed E-state index contributed by atoms with van der Waals surface area (Å²) in [6.07, 6.45) is 0. The van der Waals surface area contributed by atoms with Gasteiger partial charge in [0.1, 0.15) is 0 Å². The number of amides is 1. The molecule has 0 bridgehead atoms. The van der Waals surface area contributed by atoms with E-state index in [0.29, 0.717) is 10.7 Å². The quantitative estimate of drug-likeness (QED) is 0.705. The number of hydrogen-bond acceptors (Lipinski definition) is 4. The van der Waals surface area contributed by atoms with Crippen LogP contribution in [0.3, 0.4) is 0 Å². The Labute approximate surface area is 156 Å². The van der Waals surface area contributed by atoms with Crippen LogP contribution in [0.25, 0.3) is 0 Å². The van der Waals surface area contributed by atoms with Crippen LogP contribution >= 0.6 is 23.4 Å². The van der Waals surface area contributed by atoms with E-state index < -0.39 is 5.97 Å². The molecule has 0 heterocycles. The first-order chi connectivity index (χ1) is 12.0. The Hall–Kier alpha value is -1.98. The smallest absolute Gasteiger partial charge is 0.339 e. The topological polar surface area (TPSA) is 55.4 Å². The van der Waals surface area contributed by atoms with Gasteiger partial charge >= 0.3 is 5.97 Å². The Kier molecular flexibility index (Phi) is 7.34. The zero-order chi connectivity index (χ0) is 18.2. The number of carbonyl (C=O) groups is 2. The molecule has 1 N–H and O–H groups in total. The minimum Gasteiger partial charge on any atom is -0.462 e. The molecule has 2 aromatic rings. The Morgan fingerprint density at radius 1 is 1.20 bits per heavy atom. The maximum Gasteiger partial charge on any atom is 0.339 e. The summed E-state index contributed by atoms with van der Waals surface area (Å²) in [5.41, 5.74) is 1.93. The Balaban J connectivity index is 1.97. The number of halogens is 1. The fourth-order valence-corrected chi connectivity index (χ4v) is 3.12. The summed E-state index contributed by atoms with van der Waals surface area (Å²) in [6, 6.07) is 14.8. The van der Waals surface area contributed by atoms with Crippen molar-refractivity contribution in [2.24, 2.45) is 0 Å². The molecule has 0 unspecified atom stereocenters. The first kappa shape index (κ1) is 19.3. The van der Waals surface area contributed by atoms with Gasteiger partial charge in [0.2, 0.25) is 5.91 Å². The Bertz CT molecular complexity index is 737. The van der Waals surface area contributed by atoms with E-state index in [1.54, 1.807) is 30.8 Å². The van der Waals surface area contributed by atoms with Crippen LogP contribution in [-0.4, -0.2) is 23.7 Å². The molecule has 25 heavy (non-hydrogen) atoms. The molecule has 0 saturated heterocycles. The summed E-state index contributed by atoms with van der Waals surface area (Å²) in [5, 5.41) is 2.88. The number of benzene rings is 2. The average Bonchev–Trinajstić information content (AvgIpc) is 2.62. The standard InChI is InChI=1S/C19H20ClNO3S/c1-3-24-19(23)16-11-15(9-10-17(16)20)21-18(22)13(2)25-12-14-7-5-4-6-8-14/h4-11,13H,3,12H2,1-2H3,(H,21,22)/t13-/m0/s1. The van der Waals surface area contributed by atoms with Crippen molar-refractivity contribution in [1.29, 1.82) is 0 Å². The molecule has 0 fully saturated rings.